The summed E-state index contributed by atoms with van der Waals surface area (Å²) < 4.78 is 0. The molecule has 1 saturated heterocycles. The number of hydrogen-bond acceptors (Lipinski definition) is 1. The molecule has 2 heteroatoms. The third-order valence-electron chi connectivity index (χ3n) is 2.89. The molecule has 0 bridgehead atoms. The quantitative estimate of drug-likeness (QED) is 0.750. The SMILES string of the molecule is Cc1ccc([C@H]2CCCNC2)c(Cl)c1. The van der Waals surface area contributed by atoms with Crippen LogP contribution in [0.15, 0.2) is 18.2 Å². The van der Waals surface area contributed by atoms with Crippen molar-refractivity contribution in [2.45, 2.75) is 25.7 Å². The molecule has 0 radical (unpaired) electrons. The normalized spacial score (nSPS) is 22.3. The summed E-state index contributed by atoms with van der Waals surface area (Å²) >= 11 is 6.24. The zero-order valence-corrected chi connectivity index (χ0v) is 9.27. The van der Waals surface area contributed by atoms with Gasteiger partial charge in [0.15, 0.2) is 0 Å². The first-order valence-corrected chi connectivity index (χ1v) is 5.62. The van der Waals surface area contributed by atoms with E-state index < -0.39 is 0 Å². The predicted molar refractivity (Wildman–Crippen MR) is 61.0 cm³/mol. The summed E-state index contributed by atoms with van der Waals surface area (Å²) in [7, 11) is 0. The molecule has 2 rings (SSSR count). The Morgan fingerprint density at radius 1 is 1.43 bits per heavy atom. The average Bonchev–Trinajstić information content (AvgIpc) is 2.19. The summed E-state index contributed by atoms with van der Waals surface area (Å²) in [4.78, 5) is 0. The lowest BCUT2D eigenvalue weighted by molar-refractivity contribution is 0.462. The molecule has 1 fully saturated rings. The monoisotopic (exact) mass is 209 g/mol. The van der Waals surface area contributed by atoms with Crippen LogP contribution in [0.4, 0.5) is 0 Å². The van der Waals surface area contributed by atoms with E-state index in [4.69, 9.17) is 11.6 Å². The molecule has 1 aromatic rings. The topological polar surface area (TPSA) is 12.0 Å². The number of hydrogen-bond donors (Lipinski definition) is 1. The van der Waals surface area contributed by atoms with Gasteiger partial charge in [0.2, 0.25) is 0 Å². The molecular weight excluding hydrogens is 194 g/mol. The Balaban J connectivity index is 2.22. The second kappa shape index (κ2) is 4.33. The molecule has 1 atom stereocenters. The number of piperidine rings is 1. The van der Waals surface area contributed by atoms with Crippen molar-refractivity contribution in [1.82, 2.24) is 5.32 Å². The van der Waals surface area contributed by atoms with E-state index in [1.54, 1.807) is 0 Å². The van der Waals surface area contributed by atoms with Crippen molar-refractivity contribution in [2.24, 2.45) is 0 Å². The van der Waals surface area contributed by atoms with E-state index in [9.17, 15) is 0 Å². The van der Waals surface area contributed by atoms with Gasteiger partial charge < -0.3 is 5.32 Å². The Bertz CT molecular complexity index is 316. The Morgan fingerprint density at radius 3 is 2.93 bits per heavy atom. The van der Waals surface area contributed by atoms with E-state index in [0.29, 0.717) is 5.92 Å². The number of halogens is 1. The predicted octanol–water partition coefficient (Wildman–Crippen LogP) is 3.12. The van der Waals surface area contributed by atoms with Crippen molar-refractivity contribution in [1.29, 1.82) is 0 Å². The van der Waals surface area contributed by atoms with Crippen LogP contribution in [-0.2, 0) is 0 Å². The smallest absolute Gasteiger partial charge is 0.0443 e. The van der Waals surface area contributed by atoms with Gasteiger partial charge >= 0.3 is 0 Å². The molecule has 0 saturated carbocycles. The highest BCUT2D eigenvalue weighted by Gasteiger charge is 2.17. The molecule has 1 heterocycles. The van der Waals surface area contributed by atoms with Crippen LogP contribution in [0.2, 0.25) is 5.02 Å². The second-order valence-electron chi connectivity index (χ2n) is 4.07. The van der Waals surface area contributed by atoms with Crippen LogP contribution in [0.5, 0.6) is 0 Å². The molecule has 1 aliphatic heterocycles. The fraction of sp³-hybridized carbons (Fsp3) is 0.500. The summed E-state index contributed by atoms with van der Waals surface area (Å²) in [6.07, 6.45) is 2.52. The molecule has 1 nitrogen and oxygen atoms in total. The van der Waals surface area contributed by atoms with Gasteiger partial charge in [0, 0.05) is 11.6 Å². The maximum absolute atomic E-state index is 6.24. The van der Waals surface area contributed by atoms with Gasteiger partial charge in [0.25, 0.3) is 0 Å². The highest BCUT2D eigenvalue weighted by molar-refractivity contribution is 6.31. The van der Waals surface area contributed by atoms with Crippen molar-refractivity contribution < 1.29 is 0 Å². The highest BCUT2D eigenvalue weighted by atomic mass is 35.5. The molecule has 1 aromatic carbocycles. The minimum absolute atomic E-state index is 0.608. The third kappa shape index (κ3) is 2.10. The van der Waals surface area contributed by atoms with E-state index in [0.717, 1.165) is 18.1 Å². The van der Waals surface area contributed by atoms with Crippen LogP contribution >= 0.6 is 11.6 Å². The Hall–Kier alpha value is -0.530. The number of nitrogens with one attached hydrogen (secondary N) is 1. The largest absolute Gasteiger partial charge is 0.316 e. The van der Waals surface area contributed by atoms with Gasteiger partial charge in [-0.3, -0.25) is 0 Å². The summed E-state index contributed by atoms with van der Waals surface area (Å²) in [6.45, 7) is 4.30. The van der Waals surface area contributed by atoms with Gasteiger partial charge in [0.1, 0.15) is 0 Å². The van der Waals surface area contributed by atoms with Gasteiger partial charge in [0.05, 0.1) is 0 Å². The zero-order chi connectivity index (χ0) is 9.97. The fourth-order valence-corrected chi connectivity index (χ4v) is 2.47. The van der Waals surface area contributed by atoms with Gasteiger partial charge in [-0.1, -0.05) is 23.7 Å². The van der Waals surface area contributed by atoms with Gasteiger partial charge in [-0.25, -0.2) is 0 Å². The average molecular weight is 210 g/mol. The molecule has 76 valence electrons. The van der Waals surface area contributed by atoms with Crippen molar-refractivity contribution >= 4 is 11.6 Å². The lowest BCUT2D eigenvalue weighted by Crippen LogP contribution is -2.28. The summed E-state index contributed by atoms with van der Waals surface area (Å²) in [6, 6.07) is 6.39. The molecular formula is C12H16ClN. The number of benzene rings is 1. The minimum atomic E-state index is 0.608. The molecule has 14 heavy (non-hydrogen) atoms. The Morgan fingerprint density at radius 2 is 2.29 bits per heavy atom. The Labute approximate surface area is 90.5 Å². The first-order chi connectivity index (χ1) is 6.77. The summed E-state index contributed by atoms with van der Waals surface area (Å²) in [5.41, 5.74) is 2.55. The lowest BCUT2D eigenvalue weighted by atomic mass is 9.91. The third-order valence-corrected chi connectivity index (χ3v) is 3.22. The molecule has 0 unspecified atom stereocenters. The molecule has 0 spiro atoms. The van der Waals surface area contributed by atoms with Crippen LogP contribution in [0.3, 0.4) is 0 Å². The fourth-order valence-electron chi connectivity index (χ4n) is 2.08. The van der Waals surface area contributed by atoms with E-state index >= 15 is 0 Å². The summed E-state index contributed by atoms with van der Waals surface area (Å²) in [5.74, 6) is 0.608. The molecule has 0 aliphatic carbocycles. The molecule has 1 N–H and O–H groups in total. The first kappa shape index (κ1) is 10.0. The van der Waals surface area contributed by atoms with Crippen molar-refractivity contribution in [3.05, 3.63) is 34.3 Å². The van der Waals surface area contributed by atoms with Crippen molar-refractivity contribution in [3.63, 3.8) is 0 Å². The highest BCUT2D eigenvalue weighted by Crippen LogP contribution is 2.29. The van der Waals surface area contributed by atoms with Gasteiger partial charge in [-0.2, -0.15) is 0 Å². The lowest BCUT2D eigenvalue weighted by Gasteiger charge is -2.24. The van der Waals surface area contributed by atoms with Crippen molar-refractivity contribution in [3.8, 4) is 0 Å². The van der Waals surface area contributed by atoms with Crippen molar-refractivity contribution in [2.75, 3.05) is 13.1 Å². The maximum atomic E-state index is 6.24. The Kier molecular flexibility index (Phi) is 3.09. The van der Waals surface area contributed by atoms with Crippen LogP contribution < -0.4 is 5.32 Å². The van der Waals surface area contributed by atoms with E-state index in [1.165, 1.54) is 24.0 Å². The van der Waals surface area contributed by atoms with E-state index in [1.807, 2.05) is 0 Å². The van der Waals surface area contributed by atoms with E-state index in [2.05, 4.69) is 30.4 Å². The molecule has 1 aliphatic rings. The van der Waals surface area contributed by atoms with Crippen LogP contribution in [0, 0.1) is 6.92 Å². The number of rotatable bonds is 1. The van der Waals surface area contributed by atoms with Crippen LogP contribution in [0.25, 0.3) is 0 Å². The first-order valence-electron chi connectivity index (χ1n) is 5.24. The maximum Gasteiger partial charge on any atom is 0.0443 e. The summed E-state index contributed by atoms with van der Waals surface area (Å²) in [5, 5.41) is 4.35. The molecule has 0 amide bonds. The zero-order valence-electron chi connectivity index (χ0n) is 8.52. The molecule has 0 aromatic heterocycles. The van der Waals surface area contributed by atoms with Gasteiger partial charge in [-0.05, 0) is 49.4 Å². The standard InChI is InChI=1S/C12H16ClN/c1-9-4-5-11(12(13)7-9)10-3-2-6-14-8-10/h4-5,7,10,14H,2-3,6,8H2,1H3/t10-/m0/s1. The van der Waals surface area contributed by atoms with Crippen LogP contribution in [0.1, 0.15) is 29.9 Å². The van der Waals surface area contributed by atoms with Crippen LogP contribution in [-0.4, -0.2) is 13.1 Å². The van der Waals surface area contributed by atoms with E-state index in [-0.39, 0.29) is 0 Å². The van der Waals surface area contributed by atoms with Gasteiger partial charge in [-0.15, -0.1) is 0 Å². The minimum Gasteiger partial charge on any atom is -0.316 e. The second-order valence-corrected chi connectivity index (χ2v) is 4.48. The number of aryl methyl sites for hydroxylation is 1.